The maximum atomic E-state index is 13.8. The highest BCUT2D eigenvalue weighted by Crippen LogP contribution is 2.54. The topological polar surface area (TPSA) is 146 Å². The molecular formula is C40H45N7O5. The zero-order valence-corrected chi connectivity index (χ0v) is 30.4. The first-order chi connectivity index (χ1) is 24.9. The van der Waals surface area contributed by atoms with Crippen LogP contribution in [0.4, 0.5) is 9.59 Å². The van der Waals surface area contributed by atoms with Crippen molar-refractivity contribution >= 4 is 28.9 Å². The standard InChI is InChI=1S/C40H45N7O5/c1-21(2)34(45-38(49)51-6)37(48)46-30-15-26(30)17-32(46)36-42-20-29(44-36)25-11-10-23-13-22(7-9-24(23)14-25)8-12-28-19-41-35(43-28)33-18-27-16-31(27)47(33)39(50)52-40(3,4)5/h7,9-11,13-14,19-21,26-27,30-34H,15-18H2,1-6H3,(H,41,43)(H,42,44)(H,45,49)/t26-,27?,30+,31?,32-,33?,34-/m0/s1. The van der Waals surface area contributed by atoms with Crippen LogP contribution in [0.15, 0.2) is 48.8 Å². The van der Waals surface area contributed by atoms with Crippen LogP contribution in [-0.2, 0) is 14.3 Å². The van der Waals surface area contributed by atoms with Crippen molar-refractivity contribution in [2.75, 3.05) is 7.11 Å². The number of hydrogen-bond acceptors (Lipinski definition) is 7. The first-order valence-electron chi connectivity index (χ1n) is 18.2. The van der Waals surface area contributed by atoms with Gasteiger partial charge in [-0.25, -0.2) is 19.6 Å². The van der Waals surface area contributed by atoms with E-state index in [0.717, 1.165) is 64.9 Å². The van der Waals surface area contributed by atoms with Crippen LogP contribution in [0.2, 0.25) is 0 Å². The number of alkyl carbamates (subject to hydrolysis) is 1. The molecule has 3 amide bonds. The van der Waals surface area contributed by atoms with Gasteiger partial charge in [0.05, 0.1) is 37.3 Å². The Morgan fingerprint density at radius 3 is 2.23 bits per heavy atom. The fraction of sp³-hybridized carbons (Fsp3) is 0.475. The van der Waals surface area contributed by atoms with Gasteiger partial charge in [0.2, 0.25) is 5.91 Å². The zero-order valence-electron chi connectivity index (χ0n) is 30.4. The van der Waals surface area contributed by atoms with Gasteiger partial charge in [-0.1, -0.05) is 38.0 Å². The number of aromatic nitrogens is 4. The van der Waals surface area contributed by atoms with Crippen LogP contribution < -0.4 is 5.32 Å². The van der Waals surface area contributed by atoms with Gasteiger partial charge in [-0.2, -0.15) is 0 Å². The largest absolute Gasteiger partial charge is 0.453 e. The van der Waals surface area contributed by atoms with Crippen molar-refractivity contribution < 1.29 is 23.9 Å². The van der Waals surface area contributed by atoms with Gasteiger partial charge in [0, 0.05) is 23.2 Å². The number of carbonyl (C=O) groups is 3. The molecule has 4 aliphatic rings. The maximum absolute atomic E-state index is 13.8. The van der Waals surface area contributed by atoms with Crippen LogP contribution in [0.25, 0.3) is 22.0 Å². The monoisotopic (exact) mass is 703 g/mol. The van der Waals surface area contributed by atoms with Crippen LogP contribution >= 0.6 is 0 Å². The van der Waals surface area contributed by atoms with E-state index < -0.39 is 17.7 Å². The predicted octanol–water partition coefficient (Wildman–Crippen LogP) is 6.47. The Kier molecular flexibility index (Phi) is 8.27. The van der Waals surface area contributed by atoms with E-state index >= 15 is 0 Å². The molecule has 52 heavy (non-hydrogen) atoms. The lowest BCUT2D eigenvalue weighted by Crippen LogP contribution is -2.52. The molecule has 8 rings (SSSR count). The molecule has 2 aliphatic carbocycles. The second-order valence-corrected chi connectivity index (χ2v) is 16.0. The highest BCUT2D eigenvalue weighted by Gasteiger charge is 2.57. The SMILES string of the molecule is COC(=O)N[C@H](C(=O)N1[C@@H]2C[C@H]2C[C@H]1c1ncc(-c2ccc3cc(C#Cc4cnc(C5CC6CC6N5C(=O)OC(C)(C)C)[nH]4)ccc3c2)[nH]1)C(C)C. The lowest BCUT2D eigenvalue weighted by Gasteiger charge is -2.31. The molecule has 2 saturated heterocycles. The third-order valence-electron chi connectivity index (χ3n) is 10.8. The fourth-order valence-electron chi connectivity index (χ4n) is 8.01. The van der Waals surface area contributed by atoms with E-state index in [1.807, 2.05) is 56.7 Å². The summed E-state index contributed by atoms with van der Waals surface area (Å²) in [6, 6.07) is 11.8. The third kappa shape index (κ3) is 6.49. The molecule has 3 unspecified atom stereocenters. The van der Waals surface area contributed by atoms with Gasteiger partial charge in [-0.15, -0.1) is 0 Å². The van der Waals surface area contributed by atoms with E-state index in [1.54, 1.807) is 6.20 Å². The minimum absolute atomic E-state index is 0.0923. The minimum atomic E-state index is -0.671. The number of amides is 3. The molecule has 270 valence electrons. The Bertz CT molecular complexity index is 2120. The molecule has 2 aromatic carbocycles. The van der Waals surface area contributed by atoms with E-state index in [-0.39, 0.29) is 42.1 Å². The van der Waals surface area contributed by atoms with Crippen molar-refractivity contribution in [3.63, 3.8) is 0 Å². The molecule has 4 fully saturated rings. The van der Waals surface area contributed by atoms with Gasteiger partial charge in [0.1, 0.15) is 29.0 Å². The van der Waals surface area contributed by atoms with Crippen LogP contribution in [-0.4, -0.2) is 78.7 Å². The maximum Gasteiger partial charge on any atom is 0.411 e. The van der Waals surface area contributed by atoms with E-state index in [9.17, 15) is 14.4 Å². The summed E-state index contributed by atoms with van der Waals surface area (Å²) in [5.41, 5.74) is 2.90. The summed E-state index contributed by atoms with van der Waals surface area (Å²) in [6.07, 6.45) is 6.40. The van der Waals surface area contributed by atoms with Crippen LogP contribution in [0.5, 0.6) is 0 Å². The summed E-state index contributed by atoms with van der Waals surface area (Å²) in [5.74, 6) is 8.75. The average Bonchev–Trinajstić information content (AvgIpc) is 3.70. The summed E-state index contributed by atoms with van der Waals surface area (Å²) in [7, 11) is 1.30. The lowest BCUT2D eigenvalue weighted by molar-refractivity contribution is -0.136. The van der Waals surface area contributed by atoms with Crippen molar-refractivity contribution in [1.82, 2.24) is 35.1 Å². The number of nitrogens with one attached hydrogen (secondary N) is 3. The number of fused-ring (bicyclic) bond motifs is 3. The molecule has 4 heterocycles. The second kappa shape index (κ2) is 12.7. The predicted molar refractivity (Wildman–Crippen MR) is 194 cm³/mol. The summed E-state index contributed by atoms with van der Waals surface area (Å²) in [5, 5.41) is 4.86. The number of hydrogen-bond donors (Lipinski definition) is 3. The van der Waals surface area contributed by atoms with E-state index in [4.69, 9.17) is 14.5 Å². The molecule has 7 atom stereocenters. The Hall–Kier alpha value is -5.31. The van der Waals surface area contributed by atoms with Crippen molar-refractivity contribution in [3.8, 4) is 23.1 Å². The summed E-state index contributed by atoms with van der Waals surface area (Å²) < 4.78 is 10.5. The van der Waals surface area contributed by atoms with Gasteiger partial charge in [0.15, 0.2) is 0 Å². The van der Waals surface area contributed by atoms with Crippen LogP contribution in [0.3, 0.4) is 0 Å². The number of benzene rings is 2. The van der Waals surface area contributed by atoms with Crippen molar-refractivity contribution in [3.05, 3.63) is 71.7 Å². The summed E-state index contributed by atoms with van der Waals surface area (Å²) in [6.45, 7) is 9.50. The number of piperidine rings is 2. The zero-order chi connectivity index (χ0) is 36.5. The van der Waals surface area contributed by atoms with E-state index in [2.05, 4.69) is 62.4 Å². The molecule has 0 bridgehead atoms. The number of methoxy groups -OCH3 is 1. The van der Waals surface area contributed by atoms with Crippen molar-refractivity contribution in [2.45, 2.75) is 96.1 Å². The van der Waals surface area contributed by atoms with Crippen LogP contribution in [0, 0.1) is 29.6 Å². The first-order valence-corrected chi connectivity index (χ1v) is 18.2. The van der Waals surface area contributed by atoms with Gasteiger partial charge < -0.3 is 29.7 Å². The quantitative estimate of drug-likeness (QED) is 0.195. The van der Waals surface area contributed by atoms with Gasteiger partial charge in [0.25, 0.3) is 0 Å². The van der Waals surface area contributed by atoms with E-state index in [1.165, 1.54) is 7.11 Å². The molecule has 4 aromatic rings. The highest BCUT2D eigenvalue weighted by molar-refractivity contribution is 5.88. The number of imidazole rings is 2. The first kappa shape index (κ1) is 33.8. The molecular weight excluding hydrogens is 658 g/mol. The molecule has 2 saturated carbocycles. The Morgan fingerprint density at radius 2 is 1.52 bits per heavy atom. The smallest absolute Gasteiger partial charge is 0.411 e. The van der Waals surface area contributed by atoms with Crippen molar-refractivity contribution in [2.24, 2.45) is 17.8 Å². The molecule has 12 nitrogen and oxygen atoms in total. The number of aromatic amines is 2. The minimum Gasteiger partial charge on any atom is -0.453 e. The molecule has 2 aliphatic heterocycles. The van der Waals surface area contributed by atoms with Crippen LogP contribution in [0.1, 0.15) is 95.3 Å². The highest BCUT2D eigenvalue weighted by atomic mass is 16.6. The summed E-state index contributed by atoms with van der Waals surface area (Å²) in [4.78, 5) is 58.7. The van der Waals surface area contributed by atoms with Gasteiger partial charge in [-0.3, -0.25) is 9.69 Å². The molecule has 12 heteroatoms. The number of likely N-dealkylation sites (tertiary alicyclic amines) is 2. The lowest BCUT2D eigenvalue weighted by atomic mass is 10.0. The molecule has 0 spiro atoms. The fourth-order valence-corrected chi connectivity index (χ4v) is 8.01. The molecule has 3 N–H and O–H groups in total. The Morgan fingerprint density at radius 1 is 0.865 bits per heavy atom. The van der Waals surface area contributed by atoms with Gasteiger partial charge >= 0.3 is 12.2 Å². The molecule has 2 aromatic heterocycles. The second-order valence-electron chi connectivity index (χ2n) is 16.0. The van der Waals surface area contributed by atoms with Gasteiger partial charge in [-0.05, 0) is 99.1 Å². The molecule has 0 radical (unpaired) electrons. The average molecular weight is 704 g/mol. The van der Waals surface area contributed by atoms with E-state index in [0.29, 0.717) is 17.5 Å². The number of rotatable bonds is 6. The number of ether oxygens (including phenoxy) is 2. The number of nitrogens with zero attached hydrogens (tertiary/aromatic N) is 4. The normalized spacial score (nSPS) is 24.9. The Balaban J connectivity index is 0.956. The Labute approximate surface area is 303 Å². The third-order valence-corrected chi connectivity index (χ3v) is 10.8. The number of H-pyrrole nitrogens is 2. The number of carbonyl (C=O) groups excluding carboxylic acids is 3. The van der Waals surface area contributed by atoms with Crippen molar-refractivity contribution in [1.29, 1.82) is 0 Å². The summed E-state index contributed by atoms with van der Waals surface area (Å²) >= 11 is 0.